The maximum Gasteiger partial charge on any atom is 0.267 e. The first kappa shape index (κ1) is 22.0. The van der Waals surface area contributed by atoms with E-state index in [-0.39, 0.29) is 17.5 Å². The first-order valence-electron chi connectivity index (χ1n) is 10.7. The van der Waals surface area contributed by atoms with Gasteiger partial charge in [0, 0.05) is 25.3 Å². The van der Waals surface area contributed by atoms with E-state index in [1.165, 1.54) is 11.8 Å². The molecule has 4 rings (SSSR count). The summed E-state index contributed by atoms with van der Waals surface area (Å²) in [6.45, 7) is 12.0. The standard InChI is InChI=1S/C23H28N4O2S2/c1-13(2)27-22(29)18(31-23(27)30)9-17-20(25-10-15(4)8-16(5)11-25)24-19-7-6-14(3)12-26(19)21(17)28/h6-7,9,12-13,15-16H,8,10-11H2,1-5H3. The maximum atomic E-state index is 13.6. The van der Waals surface area contributed by atoms with Crippen LogP contribution in [0.2, 0.25) is 0 Å². The molecule has 2 atom stereocenters. The highest BCUT2D eigenvalue weighted by molar-refractivity contribution is 8.26. The molecule has 8 heteroatoms. The molecule has 1 amide bonds. The zero-order valence-electron chi connectivity index (χ0n) is 18.6. The minimum absolute atomic E-state index is 0.0276. The summed E-state index contributed by atoms with van der Waals surface area (Å²) >= 11 is 6.67. The molecule has 0 saturated carbocycles. The second kappa shape index (κ2) is 8.39. The van der Waals surface area contributed by atoms with Crippen molar-refractivity contribution in [1.29, 1.82) is 0 Å². The molecule has 0 spiro atoms. The predicted molar refractivity (Wildman–Crippen MR) is 132 cm³/mol. The van der Waals surface area contributed by atoms with Gasteiger partial charge in [0.25, 0.3) is 11.5 Å². The molecule has 2 aromatic rings. The number of rotatable bonds is 3. The van der Waals surface area contributed by atoms with E-state index in [0.29, 0.717) is 38.1 Å². The first-order valence-corrected chi connectivity index (χ1v) is 11.9. The fourth-order valence-electron chi connectivity index (χ4n) is 4.51. The summed E-state index contributed by atoms with van der Waals surface area (Å²) in [6.07, 6.45) is 4.66. The van der Waals surface area contributed by atoms with E-state index in [2.05, 4.69) is 18.7 Å². The number of hydrogen-bond acceptors (Lipinski definition) is 6. The lowest BCUT2D eigenvalue weighted by atomic mass is 9.91. The van der Waals surface area contributed by atoms with Crippen molar-refractivity contribution >= 4 is 51.7 Å². The number of fused-ring (bicyclic) bond motifs is 1. The summed E-state index contributed by atoms with van der Waals surface area (Å²) in [5.41, 5.74) is 1.88. The second-order valence-corrected chi connectivity index (χ2v) is 10.8. The monoisotopic (exact) mass is 456 g/mol. The molecule has 2 aliphatic rings. The maximum absolute atomic E-state index is 13.6. The highest BCUT2D eigenvalue weighted by atomic mass is 32.2. The number of hydrogen-bond donors (Lipinski definition) is 0. The molecule has 6 nitrogen and oxygen atoms in total. The minimum atomic E-state index is -0.163. The number of nitrogens with zero attached hydrogens (tertiary/aromatic N) is 4. The number of carbonyl (C=O) groups excluding carboxylic acids is 1. The lowest BCUT2D eigenvalue weighted by Gasteiger charge is -2.36. The Bertz CT molecular complexity index is 1140. The lowest BCUT2D eigenvalue weighted by Crippen LogP contribution is -2.40. The van der Waals surface area contributed by atoms with Crippen molar-refractivity contribution in [2.24, 2.45) is 11.8 Å². The summed E-state index contributed by atoms with van der Waals surface area (Å²) in [4.78, 5) is 35.7. The Morgan fingerprint density at radius 2 is 1.87 bits per heavy atom. The molecule has 0 aliphatic carbocycles. The van der Waals surface area contributed by atoms with Crippen molar-refractivity contribution in [1.82, 2.24) is 14.3 Å². The van der Waals surface area contributed by atoms with E-state index in [1.807, 2.05) is 32.9 Å². The van der Waals surface area contributed by atoms with E-state index >= 15 is 0 Å². The highest BCUT2D eigenvalue weighted by Crippen LogP contribution is 2.35. The number of aryl methyl sites for hydroxylation is 1. The van der Waals surface area contributed by atoms with Gasteiger partial charge in [-0.05, 0) is 56.7 Å². The van der Waals surface area contributed by atoms with Gasteiger partial charge in [-0.2, -0.15) is 0 Å². The lowest BCUT2D eigenvalue weighted by molar-refractivity contribution is -0.123. The van der Waals surface area contributed by atoms with Gasteiger partial charge in [0.15, 0.2) is 0 Å². The number of piperidine rings is 1. The molecule has 2 saturated heterocycles. The summed E-state index contributed by atoms with van der Waals surface area (Å²) in [5.74, 6) is 1.52. The van der Waals surface area contributed by atoms with Gasteiger partial charge in [-0.15, -0.1) is 0 Å². The molecule has 2 fully saturated rings. The molecular formula is C23H28N4O2S2. The first-order chi connectivity index (χ1) is 14.7. The number of pyridine rings is 1. The minimum Gasteiger partial charge on any atom is -0.355 e. The summed E-state index contributed by atoms with van der Waals surface area (Å²) in [6, 6.07) is 3.81. The molecule has 0 bridgehead atoms. The Hall–Kier alpha value is -2.19. The van der Waals surface area contributed by atoms with Crippen LogP contribution >= 0.6 is 24.0 Å². The predicted octanol–water partition coefficient (Wildman–Crippen LogP) is 4.09. The van der Waals surface area contributed by atoms with Crippen LogP contribution in [0.5, 0.6) is 0 Å². The Morgan fingerprint density at radius 1 is 1.19 bits per heavy atom. The summed E-state index contributed by atoms with van der Waals surface area (Å²) in [7, 11) is 0. The van der Waals surface area contributed by atoms with Crippen LogP contribution in [0.15, 0.2) is 28.0 Å². The topological polar surface area (TPSA) is 57.9 Å². The number of thiocarbonyl (C=S) groups is 1. The van der Waals surface area contributed by atoms with E-state index < -0.39 is 0 Å². The van der Waals surface area contributed by atoms with Gasteiger partial charge in [0.1, 0.15) is 15.8 Å². The fourth-order valence-corrected chi connectivity index (χ4v) is 6.01. The van der Waals surface area contributed by atoms with Crippen molar-refractivity contribution < 1.29 is 4.79 Å². The van der Waals surface area contributed by atoms with Crippen LogP contribution in [-0.2, 0) is 4.79 Å². The third kappa shape index (κ3) is 4.15. The molecule has 0 aromatic carbocycles. The van der Waals surface area contributed by atoms with E-state index in [9.17, 15) is 9.59 Å². The van der Waals surface area contributed by atoms with Gasteiger partial charge in [0.05, 0.1) is 10.5 Å². The molecule has 4 heterocycles. The Morgan fingerprint density at radius 3 is 2.48 bits per heavy atom. The van der Waals surface area contributed by atoms with Gasteiger partial charge >= 0.3 is 0 Å². The number of carbonyl (C=O) groups is 1. The third-order valence-electron chi connectivity index (χ3n) is 5.77. The smallest absolute Gasteiger partial charge is 0.267 e. The van der Waals surface area contributed by atoms with Crippen LogP contribution in [-0.4, -0.2) is 43.6 Å². The third-order valence-corrected chi connectivity index (χ3v) is 7.10. The molecule has 2 aliphatic heterocycles. The zero-order valence-corrected chi connectivity index (χ0v) is 20.2. The summed E-state index contributed by atoms with van der Waals surface area (Å²) in [5, 5.41) is 0. The van der Waals surface area contributed by atoms with Gasteiger partial charge in [0.2, 0.25) is 0 Å². The molecule has 2 unspecified atom stereocenters. The van der Waals surface area contributed by atoms with Crippen molar-refractivity contribution in [2.75, 3.05) is 18.0 Å². The number of amides is 1. The van der Waals surface area contributed by atoms with Crippen molar-refractivity contribution in [2.45, 2.75) is 47.1 Å². The number of thioether (sulfide) groups is 1. The Balaban J connectivity index is 1.90. The molecule has 0 N–H and O–H groups in total. The SMILES string of the molecule is Cc1ccc2nc(N3CC(C)CC(C)C3)c(C=C3SC(=S)N(C(C)C)C3=O)c(=O)n2c1. The number of anilines is 1. The van der Waals surface area contributed by atoms with Crippen LogP contribution < -0.4 is 10.5 Å². The van der Waals surface area contributed by atoms with Crippen molar-refractivity contribution in [3.05, 3.63) is 44.7 Å². The van der Waals surface area contributed by atoms with Crippen LogP contribution in [0.25, 0.3) is 11.7 Å². The molecule has 164 valence electrons. The number of aromatic nitrogens is 2. The van der Waals surface area contributed by atoms with Crippen LogP contribution in [0.1, 0.15) is 45.2 Å². The van der Waals surface area contributed by atoms with Crippen LogP contribution in [0.4, 0.5) is 5.82 Å². The van der Waals surface area contributed by atoms with Gasteiger partial charge in [-0.3, -0.25) is 18.9 Å². The highest BCUT2D eigenvalue weighted by Gasteiger charge is 2.35. The molecule has 0 radical (unpaired) electrons. The normalized spacial score (nSPS) is 23.6. The molecular weight excluding hydrogens is 428 g/mol. The zero-order chi connectivity index (χ0) is 22.4. The van der Waals surface area contributed by atoms with Crippen molar-refractivity contribution in [3.63, 3.8) is 0 Å². The second-order valence-electron chi connectivity index (χ2n) is 9.09. The van der Waals surface area contributed by atoms with Gasteiger partial charge < -0.3 is 4.90 Å². The fraction of sp³-hybridized carbons (Fsp3) is 0.478. The average Bonchev–Trinajstić information content (AvgIpc) is 2.96. The van der Waals surface area contributed by atoms with E-state index in [0.717, 1.165) is 25.1 Å². The van der Waals surface area contributed by atoms with Crippen LogP contribution in [0, 0.1) is 18.8 Å². The summed E-state index contributed by atoms with van der Waals surface area (Å²) < 4.78 is 2.10. The average molecular weight is 457 g/mol. The molecule has 31 heavy (non-hydrogen) atoms. The van der Waals surface area contributed by atoms with Gasteiger partial charge in [-0.25, -0.2) is 4.98 Å². The van der Waals surface area contributed by atoms with E-state index in [1.54, 1.807) is 21.6 Å². The Kier molecular flexibility index (Phi) is 5.96. The Labute approximate surface area is 192 Å². The van der Waals surface area contributed by atoms with Gasteiger partial charge in [-0.1, -0.05) is 43.9 Å². The largest absolute Gasteiger partial charge is 0.355 e. The molecule has 2 aromatic heterocycles. The quantitative estimate of drug-likeness (QED) is 0.512. The van der Waals surface area contributed by atoms with E-state index in [4.69, 9.17) is 17.2 Å². The van der Waals surface area contributed by atoms with Crippen molar-refractivity contribution in [3.8, 4) is 0 Å². The van der Waals surface area contributed by atoms with Crippen LogP contribution in [0.3, 0.4) is 0 Å².